The van der Waals surface area contributed by atoms with Crippen molar-refractivity contribution in [2.75, 3.05) is 25.6 Å². The molecule has 1 saturated heterocycles. The second-order valence-electron chi connectivity index (χ2n) is 5.67. The number of nitrogens with one attached hydrogen (secondary N) is 1. The van der Waals surface area contributed by atoms with Gasteiger partial charge in [-0.2, -0.15) is 0 Å². The third-order valence-corrected chi connectivity index (χ3v) is 4.41. The van der Waals surface area contributed by atoms with Gasteiger partial charge >= 0.3 is 5.97 Å². The van der Waals surface area contributed by atoms with Crippen molar-refractivity contribution in [1.29, 1.82) is 0 Å². The Hall–Kier alpha value is -1.59. The molecule has 1 aromatic rings. The molecule has 21 heavy (non-hydrogen) atoms. The van der Waals surface area contributed by atoms with Gasteiger partial charge in [0.1, 0.15) is 5.54 Å². The Morgan fingerprint density at radius 3 is 2.29 bits per heavy atom. The Morgan fingerprint density at radius 2 is 1.71 bits per heavy atom. The normalized spacial score (nSPS) is 22.9. The van der Waals surface area contributed by atoms with E-state index in [4.69, 9.17) is 14.2 Å². The van der Waals surface area contributed by atoms with Crippen LogP contribution in [0.5, 0.6) is 0 Å². The zero-order chi connectivity index (χ0) is 14.8. The maximum absolute atomic E-state index is 12.3. The summed E-state index contributed by atoms with van der Waals surface area (Å²) in [5.74, 6) is -0.713. The molecule has 0 unspecified atom stereocenters. The van der Waals surface area contributed by atoms with E-state index in [1.807, 2.05) is 30.3 Å². The molecule has 0 aromatic heterocycles. The minimum absolute atomic E-state index is 0.223. The van der Waals surface area contributed by atoms with Crippen LogP contribution in [0.1, 0.15) is 25.7 Å². The number of benzene rings is 1. The number of esters is 1. The summed E-state index contributed by atoms with van der Waals surface area (Å²) in [7, 11) is 1.43. The first-order valence-corrected chi connectivity index (χ1v) is 7.38. The number of para-hydroxylation sites is 1. The Balaban J connectivity index is 1.77. The van der Waals surface area contributed by atoms with E-state index in [1.165, 1.54) is 7.11 Å². The number of anilines is 1. The number of hydrogen-bond acceptors (Lipinski definition) is 5. The first kappa shape index (κ1) is 14.4. The van der Waals surface area contributed by atoms with Crippen LogP contribution in [-0.4, -0.2) is 37.6 Å². The lowest BCUT2D eigenvalue weighted by molar-refractivity contribution is -0.188. The van der Waals surface area contributed by atoms with Crippen molar-refractivity contribution in [2.45, 2.75) is 37.0 Å². The van der Waals surface area contributed by atoms with Crippen molar-refractivity contribution in [3.63, 3.8) is 0 Å². The highest BCUT2D eigenvalue weighted by Gasteiger charge is 2.50. The van der Waals surface area contributed by atoms with E-state index >= 15 is 0 Å². The minimum atomic E-state index is -0.698. The van der Waals surface area contributed by atoms with Gasteiger partial charge in [-0.25, -0.2) is 4.79 Å². The van der Waals surface area contributed by atoms with Gasteiger partial charge in [0.25, 0.3) is 0 Å². The summed E-state index contributed by atoms with van der Waals surface area (Å²) >= 11 is 0. The lowest BCUT2D eigenvalue weighted by Gasteiger charge is -2.42. The first-order chi connectivity index (χ1) is 10.2. The largest absolute Gasteiger partial charge is 0.467 e. The van der Waals surface area contributed by atoms with E-state index in [0.29, 0.717) is 38.9 Å². The quantitative estimate of drug-likeness (QED) is 0.866. The van der Waals surface area contributed by atoms with E-state index in [1.54, 1.807) is 0 Å². The zero-order valence-corrected chi connectivity index (χ0v) is 12.3. The number of carbonyl (C=O) groups excluding carboxylic acids is 1. The Labute approximate surface area is 124 Å². The van der Waals surface area contributed by atoms with E-state index in [0.717, 1.165) is 5.69 Å². The number of carbonyl (C=O) groups is 1. The molecule has 0 amide bonds. The highest BCUT2D eigenvalue weighted by molar-refractivity contribution is 5.84. The van der Waals surface area contributed by atoms with Crippen molar-refractivity contribution in [2.24, 2.45) is 0 Å². The fourth-order valence-electron chi connectivity index (χ4n) is 3.22. The van der Waals surface area contributed by atoms with Crippen LogP contribution in [0.15, 0.2) is 30.3 Å². The molecular weight excluding hydrogens is 270 g/mol. The van der Waals surface area contributed by atoms with E-state index in [9.17, 15) is 4.79 Å². The van der Waals surface area contributed by atoms with Crippen LogP contribution in [0.3, 0.4) is 0 Å². The molecule has 2 aliphatic rings. The molecule has 1 saturated carbocycles. The summed E-state index contributed by atoms with van der Waals surface area (Å²) in [6, 6.07) is 9.75. The fraction of sp³-hybridized carbons (Fsp3) is 0.562. The van der Waals surface area contributed by atoms with Gasteiger partial charge in [-0.1, -0.05) is 18.2 Å². The van der Waals surface area contributed by atoms with Gasteiger partial charge in [0.2, 0.25) is 0 Å². The molecule has 1 N–H and O–H groups in total. The molecule has 0 radical (unpaired) electrons. The number of methoxy groups -OCH3 is 1. The molecule has 1 aromatic carbocycles. The van der Waals surface area contributed by atoms with Crippen LogP contribution in [0.4, 0.5) is 5.69 Å². The number of hydrogen-bond donors (Lipinski definition) is 1. The van der Waals surface area contributed by atoms with Crippen molar-refractivity contribution in [3.05, 3.63) is 30.3 Å². The monoisotopic (exact) mass is 291 g/mol. The molecular formula is C16H21NO4. The average Bonchev–Trinajstić information content (AvgIpc) is 2.99. The molecule has 2 fully saturated rings. The maximum atomic E-state index is 12.3. The molecule has 1 aliphatic carbocycles. The van der Waals surface area contributed by atoms with Crippen LogP contribution in [-0.2, 0) is 19.0 Å². The third-order valence-electron chi connectivity index (χ3n) is 4.41. The smallest absolute Gasteiger partial charge is 0.331 e. The predicted octanol–water partition coefficient (Wildman–Crippen LogP) is 2.33. The topological polar surface area (TPSA) is 56.8 Å². The molecule has 5 heteroatoms. The predicted molar refractivity (Wildman–Crippen MR) is 77.9 cm³/mol. The summed E-state index contributed by atoms with van der Waals surface area (Å²) in [5.41, 5.74) is 0.225. The first-order valence-electron chi connectivity index (χ1n) is 7.38. The summed E-state index contributed by atoms with van der Waals surface area (Å²) in [4.78, 5) is 12.3. The van der Waals surface area contributed by atoms with Crippen molar-refractivity contribution in [3.8, 4) is 0 Å². The molecule has 5 nitrogen and oxygen atoms in total. The van der Waals surface area contributed by atoms with Crippen molar-refractivity contribution in [1.82, 2.24) is 0 Å². The van der Waals surface area contributed by atoms with E-state index in [-0.39, 0.29) is 5.97 Å². The highest BCUT2D eigenvalue weighted by atomic mass is 16.7. The molecule has 1 aliphatic heterocycles. The Kier molecular flexibility index (Phi) is 3.87. The molecule has 0 bridgehead atoms. The zero-order valence-electron chi connectivity index (χ0n) is 12.3. The Morgan fingerprint density at radius 1 is 1.10 bits per heavy atom. The van der Waals surface area contributed by atoms with Crippen molar-refractivity contribution >= 4 is 11.7 Å². The molecule has 3 rings (SSSR count). The van der Waals surface area contributed by atoms with Gasteiger partial charge in [-0.05, 0) is 25.0 Å². The Bertz CT molecular complexity index is 486. The van der Waals surface area contributed by atoms with Gasteiger partial charge in [-0.15, -0.1) is 0 Å². The summed E-state index contributed by atoms with van der Waals surface area (Å²) < 4.78 is 16.5. The molecule has 1 heterocycles. The maximum Gasteiger partial charge on any atom is 0.331 e. The van der Waals surface area contributed by atoms with Crippen LogP contribution in [0.2, 0.25) is 0 Å². The highest BCUT2D eigenvalue weighted by Crippen LogP contribution is 2.42. The summed E-state index contributed by atoms with van der Waals surface area (Å²) in [6.45, 7) is 1.27. The van der Waals surface area contributed by atoms with Crippen LogP contribution in [0.25, 0.3) is 0 Å². The standard InChI is InChI=1S/C16H21NO4/c1-19-14(18)15(17-13-5-3-2-4-6-13)7-9-16(10-8-15)20-11-12-21-16/h2-6,17H,7-12H2,1H3. The van der Waals surface area contributed by atoms with Crippen LogP contribution >= 0.6 is 0 Å². The molecule has 0 atom stereocenters. The van der Waals surface area contributed by atoms with E-state index < -0.39 is 11.3 Å². The van der Waals surface area contributed by atoms with Crippen LogP contribution in [0, 0.1) is 0 Å². The lowest BCUT2D eigenvalue weighted by Crippen LogP contribution is -2.53. The van der Waals surface area contributed by atoms with Crippen molar-refractivity contribution < 1.29 is 19.0 Å². The SMILES string of the molecule is COC(=O)C1(Nc2ccccc2)CCC2(CC1)OCCO2. The molecule has 114 valence electrons. The summed E-state index contributed by atoms with van der Waals surface area (Å²) in [6.07, 6.45) is 2.66. The molecule has 1 spiro atoms. The average molecular weight is 291 g/mol. The third kappa shape index (κ3) is 2.76. The number of ether oxygens (including phenoxy) is 3. The van der Waals surface area contributed by atoms with Gasteiger partial charge in [0.15, 0.2) is 5.79 Å². The van der Waals surface area contributed by atoms with Gasteiger partial charge in [0.05, 0.1) is 20.3 Å². The van der Waals surface area contributed by atoms with Crippen LogP contribution < -0.4 is 5.32 Å². The lowest BCUT2D eigenvalue weighted by atomic mass is 9.78. The fourth-order valence-corrected chi connectivity index (χ4v) is 3.22. The van der Waals surface area contributed by atoms with Gasteiger partial charge in [-0.3, -0.25) is 0 Å². The summed E-state index contributed by atoms with van der Waals surface area (Å²) in [5, 5.41) is 3.37. The minimum Gasteiger partial charge on any atom is -0.467 e. The van der Waals surface area contributed by atoms with Gasteiger partial charge < -0.3 is 19.5 Å². The van der Waals surface area contributed by atoms with Gasteiger partial charge in [0, 0.05) is 18.5 Å². The second-order valence-corrected chi connectivity index (χ2v) is 5.67. The second kappa shape index (κ2) is 5.66. The van der Waals surface area contributed by atoms with E-state index in [2.05, 4.69) is 5.32 Å². The number of rotatable bonds is 3.